The Labute approximate surface area is 195 Å². The number of rotatable bonds is 7. The van der Waals surface area contributed by atoms with Crippen LogP contribution >= 0.6 is 23.4 Å². The van der Waals surface area contributed by atoms with E-state index < -0.39 is 5.25 Å². The van der Waals surface area contributed by atoms with Gasteiger partial charge in [-0.3, -0.25) is 14.4 Å². The third kappa shape index (κ3) is 5.03. The molecule has 1 aliphatic heterocycles. The second kappa shape index (κ2) is 10.0. The fourth-order valence-corrected chi connectivity index (χ4v) is 4.69. The zero-order chi connectivity index (χ0) is 22.5. The van der Waals surface area contributed by atoms with Crippen molar-refractivity contribution in [2.75, 3.05) is 10.7 Å². The molecular formula is C25H21ClN2O3S. The second-order valence-electron chi connectivity index (χ2n) is 7.37. The normalized spacial score (nSPS) is 16.8. The van der Waals surface area contributed by atoms with Crippen molar-refractivity contribution in [3.05, 3.63) is 101 Å². The Morgan fingerprint density at radius 3 is 2.19 bits per heavy atom. The first kappa shape index (κ1) is 22.1. The van der Waals surface area contributed by atoms with Crippen LogP contribution in [0.15, 0.2) is 84.9 Å². The molecule has 0 unspecified atom stereocenters. The van der Waals surface area contributed by atoms with Gasteiger partial charge in [0, 0.05) is 11.4 Å². The molecule has 2 atom stereocenters. The number of benzene rings is 3. The number of thioether (sulfide) groups is 1. The lowest BCUT2D eigenvalue weighted by atomic mass is 9.99. The lowest BCUT2D eigenvalue weighted by Crippen LogP contribution is -2.33. The molecule has 5 nitrogen and oxygen atoms in total. The first-order valence-corrected chi connectivity index (χ1v) is 11.6. The number of carbonyl (C=O) groups is 3. The van der Waals surface area contributed by atoms with Gasteiger partial charge in [-0.25, -0.2) is 4.90 Å². The van der Waals surface area contributed by atoms with Gasteiger partial charge in [0.25, 0.3) is 0 Å². The minimum atomic E-state index is -0.570. The number of nitrogens with one attached hydrogen (secondary N) is 1. The van der Waals surface area contributed by atoms with Gasteiger partial charge in [0.15, 0.2) is 0 Å². The standard InChI is InChI=1S/C25H21ClN2O3S/c26-19-13-11-18(12-14-19)24(17-7-3-1-4-8-17)27-22(29)16-32-21-15-23(30)28(25(21)31)20-9-5-2-6-10-20/h1-14,21,24H,15-16H2,(H,27,29)/t21-,24-/m0/s1. The molecule has 162 valence electrons. The summed E-state index contributed by atoms with van der Waals surface area (Å²) >= 11 is 7.21. The Bertz CT molecular complexity index is 1110. The van der Waals surface area contributed by atoms with E-state index in [0.29, 0.717) is 10.7 Å². The monoisotopic (exact) mass is 464 g/mol. The van der Waals surface area contributed by atoms with Gasteiger partial charge in [-0.2, -0.15) is 0 Å². The highest BCUT2D eigenvalue weighted by Crippen LogP contribution is 2.30. The molecule has 3 amide bonds. The summed E-state index contributed by atoms with van der Waals surface area (Å²) in [5, 5.41) is 3.10. The smallest absolute Gasteiger partial charge is 0.247 e. The molecule has 0 bridgehead atoms. The molecular weight excluding hydrogens is 444 g/mol. The highest BCUT2D eigenvalue weighted by atomic mass is 35.5. The van der Waals surface area contributed by atoms with Crippen LogP contribution in [0.5, 0.6) is 0 Å². The van der Waals surface area contributed by atoms with Crippen LogP contribution in [0, 0.1) is 0 Å². The first-order chi connectivity index (χ1) is 15.5. The van der Waals surface area contributed by atoms with Crippen molar-refractivity contribution in [2.45, 2.75) is 17.7 Å². The zero-order valence-electron chi connectivity index (χ0n) is 17.1. The fourth-order valence-electron chi connectivity index (χ4n) is 3.62. The van der Waals surface area contributed by atoms with Crippen LogP contribution in [0.3, 0.4) is 0 Å². The van der Waals surface area contributed by atoms with Crippen LogP contribution in [-0.2, 0) is 14.4 Å². The molecule has 1 aliphatic rings. The summed E-state index contributed by atoms with van der Waals surface area (Å²) in [6.45, 7) is 0. The van der Waals surface area contributed by atoms with Gasteiger partial charge < -0.3 is 5.32 Å². The minimum Gasteiger partial charge on any atom is -0.344 e. The Morgan fingerprint density at radius 2 is 1.53 bits per heavy atom. The summed E-state index contributed by atoms with van der Waals surface area (Å²) in [7, 11) is 0. The second-order valence-corrected chi connectivity index (χ2v) is 9.00. The van der Waals surface area contributed by atoms with Gasteiger partial charge in [0.05, 0.1) is 22.7 Å². The molecule has 7 heteroatoms. The quantitative estimate of drug-likeness (QED) is 0.518. The maximum atomic E-state index is 12.8. The lowest BCUT2D eigenvalue weighted by molar-refractivity contribution is -0.121. The zero-order valence-corrected chi connectivity index (χ0v) is 18.7. The van der Waals surface area contributed by atoms with Crippen LogP contribution in [0.2, 0.25) is 5.02 Å². The highest BCUT2D eigenvalue weighted by Gasteiger charge is 2.40. The summed E-state index contributed by atoms with van der Waals surface area (Å²) in [5.74, 6) is -0.667. The molecule has 3 aromatic carbocycles. The molecule has 0 aliphatic carbocycles. The van der Waals surface area contributed by atoms with Crippen molar-refractivity contribution >= 4 is 46.8 Å². The van der Waals surface area contributed by atoms with Crippen LogP contribution in [0.4, 0.5) is 5.69 Å². The van der Waals surface area contributed by atoms with Crippen molar-refractivity contribution in [2.24, 2.45) is 0 Å². The van der Waals surface area contributed by atoms with E-state index in [2.05, 4.69) is 5.32 Å². The Kier molecular flexibility index (Phi) is 6.93. The van der Waals surface area contributed by atoms with E-state index in [4.69, 9.17) is 11.6 Å². The molecule has 1 N–H and O–H groups in total. The predicted octanol–water partition coefficient (Wildman–Crippen LogP) is 4.61. The van der Waals surface area contributed by atoms with E-state index in [1.54, 1.807) is 36.4 Å². The van der Waals surface area contributed by atoms with Gasteiger partial charge in [0.2, 0.25) is 17.7 Å². The number of hydrogen-bond acceptors (Lipinski definition) is 4. The summed E-state index contributed by atoms with van der Waals surface area (Å²) in [4.78, 5) is 39.2. The van der Waals surface area contributed by atoms with Gasteiger partial charge in [0.1, 0.15) is 0 Å². The van der Waals surface area contributed by atoms with Gasteiger partial charge in [-0.05, 0) is 35.4 Å². The van der Waals surface area contributed by atoms with Crippen LogP contribution in [-0.4, -0.2) is 28.7 Å². The maximum Gasteiger partial charge on any atom is 0.247 e. The molecule has 3 aromatic rings. The molecule has 0 saturated carbocycles. The van der Waals surface area contributed by atoms with Crippen molar-refractivity contribution < 1.29 is 14.4 Å². The fraction of sp³-hybridized carbons (Fsp3) is 0.160. The number of nitrogens with zero attached hydrogens (tertiary/aromatic N) is 1. The summed E-state index contributed by atoms with van der Waals surface area (Å²) in [5.41, 5.74) is 2.40. The number of amides is 3. The molecule has 1 heterocycles. The van der Waals surface area contributed by atoms with Crippen molar-refractivity contribution in [1.29, 1.82) is 0 Å². The first-order valence-electron chi connectivity index (χ1n) is 10.2. The van der Waals surface area contributed by atoms with Crippen LogP contribution < -0.4 is 10.2 Å². The third-order valence-corrected chi connectivity index (χ3v) is 6.63. The predicted molar refractivity (Wildman–Crippen MR) is 128 cm³/mol. The van der Waals surface area contributed by atoms with Crippen LogP contribution in [0.25, 0.3) is 0 Å². The highest BCUT2D eigenvalue weighted by molar-refractivity contribution is 8.01. The van der Waals surface area contributed by atoms with E-state index in [-0.39, 0.29) is 35.9 Å². The van der Waals surface area contributed by atoms with E-state index in [1.807, 2.05) is 48.5 Å². The minimum absolute atomic E-state index is 0.0727. The molecule has 0 aromatic heterocycles. The Morgan fingerprint density at radius 1 is 0.938 bits per heavy atom. The number of halogens is 1. The van der Waals surface area contributed by atoms with Gasteiger partial charge in [-0.15, -0.1) is 11.8 Å². The van der Waals surface area contributed by atoms with E-state index in [0.717, 1.165) is 11.1 Å². The SMILES string of the molecule is O=C(CS[C@H]1CC(=O)N(c2ccccc2)C1=O)N[C@@H](c1ccccc1)c1ccc(Cl)cc1. The number of imide groups is 1. The maximum absolute atomic E-state index is 12.8. The largest absolute Gasteiger partial charge is 0.344 e. The topological polar surface area (TPSA) is 66.5 Å². The van der Waals surface area contributed by atoms with Crippen molar-refractivity contribution in [3.8, 4) is 0 Å². The van der Waals surface area contributed by atoms with Crippen LogP contribution in [0.1, 0.15) is 23.6 Å². The van der Waals surface area contributed by atoms with Crippen molar-refractivity contribution in [1.82, 2.24) is 5.32 Å². The average molecular weight is 465 g/mol. The molecule has 32 heavy (non-hydrogen) atoms. The van der Waals surface area contributed by atoms with E-state index >= 15 is 0 Å². The van der Waals surface area contributed by atoms with E-state index in [1.165, 1.54) is 16.7 Å². The third-order valence-electron chi connectivity index (χ3n) is 5.18. The molecule has 0 radical (unpaired) electrons. The van der Waals surface area contributed by atoms with Gasteiger partial charge in [-0.1, -0.05) is 72.3 Å². The number of para-hydroxylation sites is 1. The van der Waals surface area contributed by atoms with E-state index in [9.17, 15) is 14.4 Å². The molecule has 1 saturated heterocycles. The number of anilines is 1. The number of hydrogen-bond donors (Lipinski definition) is 1. The summed E-state index contributed by atoms with van der Waals surface area (Å²) < 4.78 is 0. The summed E-state index contributed by atoms with van der Waals surface area (Å²) in [6.07, 6.45) is 0.0883. The molecule has 4 rings (SSSR count). The van der Waals surface area contributed by atoms with Gasteiger partial charge >= 0.3 is 0 Å². The Hall–Kier alpha value is -3.09. The van der Waals surface area contributed by atoms with Crippen molar-refractivity contribution in [3.63, 3.8) is 0 Å². The Balaban J connectivity index is 1.42. The average Bonchev–Trinajstić information content (AvgIpc) is 3.11. The summed E-state index contributed by atoms with van der Waals surface area (Å²) in [6, 6.07) is 25.5. The number of carbonyl (C=O) groups excluding carboxylic acids is 3. The molecule has 1 fully saturated rings. The molecule has 0 spiro atoms. The lowest BCUT2D eigenvalue weighted by Gasteiger charge is -2.20.